The molecule has 0 heterocycles. The smallest absolute Gasteiger partial charge is 0.248 e. The molecule has 1 unspecified atom stereocenters. The first-order chi connectivity index (χ1) is 7.63. The van der Waals surface area contributed by atoms with Crippen LogP contribution in [0.25, 0.3) is 0 Å². The van der Waals surface area contributed by atoms with E-state index in [9.17, 15) is 4.79 Å². The minimum atomic E-state index is -0.932. The van der Waals surface area contributed by atoms with E-state index in [1.54, 1.807) is 11.8 Å². The maximum atomic E-state index is 11.1. The van der Waals surface area contributed by atoms with Crippen molar-refractivity contribution < 1.29 is 9.90 Å². The van der Waals surface area contributed by atoms with Gasteiger partial charge in [-0.3, -0.25) is 4.79 Å². The van der Waals surface area contributed by atoms with Gasteiger partial charge in [0.25, 0.3) is 0 Å². The summed E-state index contributed by atoms with van der Waals surface area (Å²) in [5.74, 6) is -0.319. The van der Waals surface area contributed by atoms with Crippen molar-refractivity contribution in [1.82, 2.24) is 5.32 Å². The van der Waals surface area contributed by atoms with Gasteiger partial charge in [-0.1, -0.05) is 12.1 Å². The molecule has 1 rings (SSSR count). The molecule has 0 aromatic heterocycles. The van der Waals surface area contributed by atoms with Crippen LogP contribution in [0.15, 0.2) is 29.2 Å². The molecule has 0 aliphatic heterocycles. The number of aliphatic hydroxyl groups is 1. The number of nitrogens with one attached hydrogen (secondary N) is 1. The largest absolute Gasteiger partial charge is 0.384 e. The van der Waals surface area contributed by atoms with Crippen LogP contribution in [0, 0.1) is 0 Å². The SMILES string of the molecule is CSc1ccc(CCNC(=O)C(C)O)cc1. The zero-order valence-electron chi connectivity index (χ0n) is 9.56. The Hall–Kier alpha value is -1.00. The number of carbonyl (C=O) groups excluding carboxylic acids is 1. The van der Waals surface area contributed by atoms with Crippen LogP contribution in [0.1, 0.15) is 12.5 Å². The molecule has 0 aliphatic carbocycles. The van der Waals surface area contributed by atoms with E-state index in [2.05, 4.69) is 29.6 Å². The highest BCUT2D eigenvalue weighted by Gasteiger charge is 2.06. The summed E-state index contributed by atoms with van der Waals surface area (Å²) in [7, 11) is 0. The first-order valence-electron chi connectivity index (χ1n) is 5.22. The molecule has 3 nitrogen and oxygen atoms in total. The number of aliphatic hydroxyl groups excluding tert-OH is 1. The van der Waals surface area contributed by atoms with Gasteiger partial charge in [-0.2, -0.15) is 0 Å². The average molecular weight is 239 g/mol. The number of rotatable bonds is 5. The molecule has 0 bridgehead atoms. The summed E-state index contributed by atoms with van der Waals surface area (Å²) in [5.41, 5.74) is 1.18. The third-order valence-corrected chi connectivity index (χ3v) is 2.99. The van der Waals surface area contributed by atoms with E-state index in [1.165, 1.54) is 17.4 Å². The Labute approximate surface area is 100 Å². The molecule has 0 radical (unpaired) electrons. The summed E-state index contributed by atoms with van der Waals surface area (Å²) < 4.78 is 0. The third kappa shape index (κ3) is 4.24. The molecule has 16 heavy (non-hydrogen) atoms. The van der Waals surface area contributed by atoms with Crippen molar-refractivity contribution in [2.24, 2.45) is 0 Å². The Morgan fingerprint density at radius 1 is 1.44 bits per heavy atom. The molecule has 0 aliphatic rings. The third-order valence-electron chi connectivity index (χ3n) is 2.25. The number of hydrogen-bond acceptors (Lipinski definition) is 3. The second-order valence-electron chi connectivity index (χ2n) is 3.57. The number of amides is 1. The van der Waals surface area contributed by atoms with Crippen LogP contribution in [-0.4, -0.2) is 29.9 Å². The van der Waals surface area contributed by atoms with E-state index in [4.69, 9.17) is 5.11 Å². The Morgan fingerprint density at radius 3 is 2.56 bits per heavy atom. The average Bonchev–Trinajstić information content (AvgIpc) is 2.29. The summed E-state index contributed by atoms with van der Waals surface area (Å²) in [6.45, 7) is 2.02. The van der Waals surface area contributed by atoms with Crippen LogP contribution >= 0.6 is 11.8 Å². The minimum absolute atomic E-state index is 0.319. The van der Waals surface area contributed by atoms with E-state index in [0.717, 1.165) is 6.42 Å². The van der Waals surface area contributed by atoms with Crippen LogP contribution in [-0.2, 0) is 11.2 Å². The molecule has 2 N–H and O–H groups in total. The van der Waals surface area contributed by atoms with Crippen LogP contribution in [0.4, 0.5) is 0 Å². The quantitative estimate of drug-likeness (QED) is 0.765. The second-order valence-corrected chi connectivity index (χ2v) is 4.44. The summed E-state index contributed by atoms with van der Waals surface area (Å²) in [6, 6.07) is 8.24. The lowest BCUT2D eigenvalue weighted by Crippen LogP contribution is -2.33. The molecule has 0 fully saturated rings. The van der Waals surface area contributed by atoms with E-state index in [0.29, 0.717) is 6.54 Å². The fourth-order valence-electron chi connectivity index (χ4n) is 1.27. The first-order valence-corrected chi connectivity index (χ1v) is 6.44. The predicted molar refractivity (Wildman–Crippen MR) is 66.6 cm³/mol. The highest BCUT2D eigenvalue weighted by molar-refractivity contribution is 7.98. The van der Waals surface area contributed by atoms with Crippen molar-refractivity contribution in [3.05, 3.63) is 29.8 Å². The summed E-state index contributed by atoms with van der Waals surface area (Å²) in [4.78, 5) is 12.3. The van der Waals surface area contributed by atoms with Gasteiger partial charge in [0.15, 0.2) is 0 Å². The van der Waals surface area contributed by atoms with Crippen molar-refractivity contribution in [3.63, 3.8) is 0 Å². The maximum Gasteiger partial charge on any atom is 0.248 e. The number of carbonyl (C=O) groups is 1. The van der Waals surface area contributed by atoms with Gasteiger partial charge < -0.3 is 10.4 Å². The lowest BCUT2D eigenvalue weighted by Gasteiger charge is -2.07. The van der Waals surface area contributed by atoms with Crippen molar-refractivity contribution >= 4 is 17.7 Å². The van der Waals surface area contributed by atoms with Crippen LogP contribution in [0.3, 0.4) is 0 Å². The van der Waals surface area contributed by atoms with E-state index >= 15 is 0 Å². The summed E-state index contributed by atoms with van der Waals surface area (Å²) in [6.07, 6.45) is 1.89. The zero-order chi connectivity index (χ0) is 12.0. The van der Waals surface area contributed by atoms with Crippen LogP contribution in [0.2, 0.25) is 0 Å². The normalized spacial score (nSPS) is 12.2. The van der Waals surface area contributed by atoms with E-state index < -0.39 is 6.10 Å². The molecule has 1 atom stereocenters. The van der Waals surface area contributed by atoms with Gasteiger partial charge in [-0.05, 0) is 37.3 Å². The zero-order valence-corrected chi connectivity index (χ0v) is 10.4. The molecule has 0 saturated carbocycles. The van der Waals surface area contributed by atoms with Crippen LogP contribution < -0.4 is 5.32 Å². The molecule has 0 saturated heterocycles. The monoisotopic (exact) mass is 239 g/mol. The minimum Gasteiger partial charge on any atom is -0.384 e. The molecule has 88 valence electrons. The molecule has 1 aromatic carbocycles. The van der Waals surface area contributed by atoms with Gasteiger partial charge in [0.1, 0.15) is 6.10 Å². The Morgan fingerprint density at radius 2 is 2.06 bits per heavy atom. The second kappa shape index (κ2) is 6.55. The van der Waals surface area contributed by atoms with Gasteiger partial charge in [0.2, 0.25) is 5.91 Å². The maximum absolute atomic E-state index is 11.1. The van der Waals surface area contributed by atoms with Crippen molar-refractivity contribution in [2.45, 2.75) is 24.3 Å². The molecule has 4 heteroatoms. The summed E-state index contributed by atoms with van der Waals surface area (Å²) in [5, 5.41) is 11.6. The fraction of sp³-hybridized carbons (Fsp3) is 0.417. The topological polar surface area (TPSA) is 49.3 Å². The van der Waals surface area contributed by atoms with Crippen LogP contribution in [0.5, 0.6) is 0 Å². The Balaban J connectivity index is 2.34. The van der Waals surface area contributed by atoms with E-state index in [1.807, 2.05) is 6.26 Å². The van der Waals surface area contributed by atoms with E-state index in [-0.39, 0.29) is 5.91 Å². The van der Waals surface area contributed by atoms with Gasteiger partial charge in [0, 0.05) is 11.4 Å². The Bertz CT molecular complexity index is 335. The standard InChI is InChI=1S/C12H17NO2S/c1-9(14)12(15)13-8-7-10-3-5-11(16-2)6-4-10/h3-6,9,14H,7-8H2,1-2H3,(H,13,15). The fourth-order valence-corrected chi connectivity index (χ4v) is 1.68. The molecular weight excluding hydrogens is 222 g/mol. The molecule has 1 amide bonds. The van der Waals surface area contributed by atoms with Gasteiger partial charge in [0.05, 0.1) is 0 Å². The first kappa shape index (κ1) is 13.1. The van der Waals surface area contributed by atoms with Gasteiger partial charge >= 0.3 is 0 Å². The van der Waals surface area contributed by atoms with Crippen molar-refractivity contribution in [2.75, 3.05) is 12.8 Å². The molecule has 0 spiro atoms. The van der Waals surface area contributed by atoms with Gasteiger partial charge in [-0.25, -0.2) is 0 Å². The highest BCUT2D eigenvalue weighted by Crippen LogP contribution is 2.14. The van der Waals surface area contributed by atoms with Crippen molar-refractivity contribution in [1.29, 1.82) is 0 Å². The van der Waals surface area contributed by atoms with Gasteiger partial charge in [-0.15, -0.1) is 11.8 Å². The lowest BCUT2D eigenvalue weighted by molar-refractivity contribution is -0.128. The molecule has 1 aromatic rings. The Kier molecular flexibility index (Phi) is 5.35. The summed E-state index contributed by atoms with van der Waals surface area (Å²) >= 11 is 1.71. The number of hydrogen-bond donors (Lipinski definition) is 2. The van der Waals surface area contributed by atoms with Crippen molar-refractivity contribution in [3.8, 4) is 0 Å². The predicted octanol–water partition coefficient (Wildman–Crippen LogP) is 1.45. The highest BCUT2D eigenvalue weighted by atomic mass is 32.2. The lowest BCUT2D eigenvalue weighted by atomic mass is 10.1. The molecular formula is C12H17NO2S. The number of thioether (sulfide) groups is 1. The number of benzene rings is 1.